The number of hydrogen-bond donors (Lipinski definition) is 2. The second-order valence-electron chi connectivity index (χ2n) is 5.57. The number of halogens is 3. The van der Waals surface area contributed by atoms with Crippen LogP contribution in [-0.2, 0) is 0 Å². The maximum Gasteiger partial charge on any atom is 0.316 e. The van der Waals surface area contributed by atoms with Gasteiger partial charge in [-0.25, -0.2) is 0 Å². The zero-order valence-electron chi connectivity index (χ0n) is 14.2. The normalized spacial score (nSPS) is 10.5. The summed E-state index contributed by atoms with van der Waals surface area (Å²) in [4.78, 5) is 28.2. The Morgan fingerprint density at radius 2 is 1.64 bits per heavy atom. The summed E-state index contributed by atoms with van der Waals surface area (Å²) in [6.07, 6.45) is 0. The predicted molar refractivity (Wildman–Crippen MR) is 106 cm³/mol. The standard InChI is InChI=1S/C18H13Cl3N4O3/c19-11-3-1-2-10(8-11)15-24-18(28-25-15)17(27)23-7-6-22-16(26)13-9-12(20)4-5-14(13)21/h1-5,8-9H,6-7H2,(H,22,26)(H,23,27). The number of rotatable bonds is 6. The maximum atomic E-state index is 12.1. The van der Waals surface area contributed by atoms with Gasteiger partial charge in [0.15, 0.2) is 0 Å². The van der Waals surface area contributed by atoms with Crippen LogP contribution in [0.5, 0.6) is 0 Å². The molecule has 2 N–H and O–H groups in total. The molecular formula is C18H13Cl3N4O3. The van der Waals surface area contributed by atoms with Crippen molar-refractivity contribution in [2.24, 2.45) is 0 Å². The van der Waals surface area contributed by atoms with E-state index in [1.165, 1.54) is 12.1 Å². The molecular weight excluding hydrogens is 427 g/mol. The highest BCUT2D eigenvalue weighted by atomic mass is 35.5. The van der Waals surface area contributed by atoms with Crippen molar-refractivity contribution in [3.05, 3.63) is 69.0 Å². The second kappa shape index (κ2) is 9.05. The summed E-state index contributed by atoms with van der Waals surface area (Å²) in [5, 5.41) is 10.2. The van der Waals surface area contributed by atoms with E-state index in [-0.39, 0.29) is 35.4 Å². The first-order valence-corrected chi connectivity index (χ1v) is 9.18. The molecule has 2 aromatic carbocycles. The van der Waals surface area contributed by atoms with E-state index < -0.39 is 11.8 Å². The van der Waals surface area contributed by atoms with Crippen LogP contribution in [0.3, 0.4) is 0 Å². The molecule has 144 valence electrons. The molecule has 1 aromatic heterocycles. The van der Waals surface area contributed by atoms with Gasteiger partial charge in [0.25, 0.3) is 5.91 Å². The van der Waals surface area contributed by atoms with Crippen molar-refractivity contribution in [2.75, 3.05) is 13.1 Å². The van der Waals surface area contributed by atoms with Crippen molar-refractivity contribution in [3.8, 4) is 11.4 Å². The summed E-state index contributed by atoms with van der Waals surface area (Å²) >= 11 is 17.8. The number of amides is 2. The zero-order valence-corrected chi connectivity index (χ0v) is 16.5. The molecule has 28 heavy (non-hydrogen) atoms. The van der Waals surface area contributed by atoms with Crippen LogP contribution in [0.4, 0.5) is 0 Å². The van der Waals surface area contributed by atoms with Gasteiger partial charge in [-0.1, -0.05) is 52.1 Å². The van der Waals surface area contributed by atoms with Gasteiger partial charge < -0.3 is 15.2 Å². The molecule has 0 bridgehead atoms. The highest BCUT2D eigenvalue weighted by Crippen LogP contribution is 2.21. The Labute approximate surface area is 175 Å². The highest BCUT2D eigenvalue weighted by molar-refractivity contribution is 6.35. The predicted octanol–water partition coefficient (Wildman–Crippen LogP) is 3.86. The number of hydrogen-bond acceptors (Lipinski definition) is 5. The van der Waals surface area contributed by atoms with Gasteiger partial charge in [0.2, 0.25) is 5.82 Å². The minimum Gasteiger partial charge on any atom is -0.350 e. The van der Waals surface area contributed by atoms with Gasteiger partial charge in [0, 0.05) is 28.7 Å². The van der Waals surface area contributed by atoms with Gasteiger partial charge >= 0.3 is 11.8 Å². The Bertz CT molecular complexity index is 1020. The van der Waals surface area contributed by atoms with Crippen molar-refractivity contribution in [2.45, 2.75) is 0 Å². The van der Waals surface area contributed by atoms with Crippen molar-refractivity contribution >= 4 is 46.6 Å². The summed E-state index contributed by atoms with van der Waals surface area (Å²) in [7, 11) is 0. The van der Waals surface area contributed by atoms with Crippen molar-refractivity contribution in [1.29, 1.82) is 0 Å². The molecule has 3 rings (SSSR count). The van der Waals surface area contributed by atoms with E-state index in [0.717, 1.165) is 0 Å². The monoisotopic (exact) mass is 438 g/mol. The largest absolute Gasteiger partial charge is 0.350 e. The van der Waals surface area contributed by atoms with E-state index in [9.17, 15) is 9.59 Å². The lowest BCUT2D eigenvalue weighted by Crippen LogP contribution is -2.34. The molecule has 7 nitrogen and oxygen atoms in total. The molecule has 0 aliphatic heterocycles. The van der Waals surface area contributed by atoms with Crippen LogP contribution in [0.2, 0.25) is 15.1 Å². The summed E-state index contributed by atoms with van der Waals surface area (Å²) in [5.41, 5.74) is 0.879. The lowest BCUT2D eigenvalue weighted by atomic mass is 10.2. The van der Waals surface area contributed by atoms with E-state index in [4.69, 9.17) is 39.3 Å². The summed E-state index contributed by atoms with van der Waals surface area (Å²) in [5.74, 6) is -0.908. The fourth-order valence-electron chi connectivity index (χ4n) is 2.25. The third kappa shape index (κ3) is 5.01. The van der Waals surface area contributed by atoms with Crippen molar-refractivity contribution in [1.82, 2.24) is 20.8 Å². The number of benzene rings is 2. The van der Waals surface area contributed by atoms with Gasteiger partial charge in [0.1, 0.15) is 0 Å². The Hall–Kier alpha value is -2.61. The Balaban J connectivity index is 1.51. The quantitative estimate of drug-likeness (QED) is 0.569. The van der Waals surface area contributed by atoms with E-state index in [1.807, 2.05) is 0 Å². The van der Waals surface area contributed by atoms with Crippen molar-refractivity contribution < 1.29 is 14.1 Å². The van der Waals surface area contributed by atoms with Gasteiger partial charge in [0.05, 0.1) is 10.6 Å². The molecule has 2 amide bonds. The highest BCUT2D eigenvalue weighted by Gasteiger charge is 2.16. The molecule has 0 saturated carbocycles. The first-order chi connectivity index (χ1) is 13.4. The first kappa shape index (κ1) is 20.1. The molecule has 0 saturated heterocycles. The summed E-state index contributed by atoms with van der Waals surface area (Å²) in [6, 6.07) is 11.4. The fraction of sp³-hybridized carbons (Fsp3) is 0.111. The molecule has 1 heterocycles. The smallest absolute Gasteiger partial charge is 0.316 e. The number of carbonyl (C=O) groups is 2. The van der Waals surface area contributed by atoms with Crippen LogP contribution in [0.15, 0.2) is 47.0 Å². The zero-order chi connectivity index (χ0) is 20.1. The minimum absolute atomic E-state index is 0.150. The molecule has 3 aromatic rings. The first-order valence-electron chi connectivity index (χ1n) is 8.05. The Morgan fingerprint density at radius 1 is 0.929 bits per heavy atom. The summed E-state index contributed by atoms with van der Waals surface area (Å²) in [6.45, 7) is 0.320. The van der Waals surface area contributed by atoms with E-state index in [1.54, 1.807) is 30.3 Å². The molecule has 0 aliphatic rings. The third-order valence-electron chi connectivity index (χ3n) is 3.57. The van der Waals surface area contributed by atoms with Gasteiger partial charge in [-0.15, -0.1) is 0 Å². The number of nitrogens with one attached hydrogen (secondary N) is 2. The molecule has 0 unspecified atom stereocenters. The average molecular weight is 440 g/mol. The lowest BCUT2D eigenvalue weighted by Gasteiger charge is -2.07. The van der Waals surface area contributed by atoms with Crippen LogP contribution >= 0.6 is 34.8 Å². The molecule has 0 fully saturated rings. The molecule has 0 radical (unpaired) electrons. The molecule has 0 aliphatic carbocycles. The number of nitrogens with zero attached hydrogens (tertiary/aromatic N) is 2. The topological polar surface area (TPSA) is 97.1 Å². The van der Waals surface area contributed by atoms with Crippen LogP contribution in [-0.4, -0.2) is 35.0 Å². The lowest BCUT2D eigenvalue weighted by molar-refractivity contribution is 0.0898. The van der Waals surface area contributed by atoms with E-state index in [2.05, 4.69) is 20.8 Å². The van der Waals surface area contributed by atoms with Crippen LogP contribution in [0, 0.1) is 0 Å². The Morgan fingerprint density at radius 3 is 2.39 bits per heavy atom. The molecule has 10 heteroatoms. The molecule has 0 spiro atoms. The van der Waals surface area contributed by atoms with Gasteiger partial charge in [-0.2, -0.15) is 4.98 Å². The van der Waals surface area contributed by atoms with Crippen LogP contribution < -0.4 is 10.6 Å². The van der Waals surface area contributed by atoms with Crippen molar-refractivity contribution in [3.63, 3.8) is 0 Å². The molecule has 0 atom stereocenters. The van der Waals surface area contributed by atoms with Crippen LogP contribution in [0.25, 0.3) is 11.4 Å². The fourth-order valence-corrected chi connectivity index (χ4v) is 2.82. The van der Waals surface area contributed by atoms with Crippen LogP contribution in [0.1, 0.15) is 21.0 Å². The second-order valence-corrected chi connectivity index (χ2v) is 6.85. The van der Waals surface area contributed by atoms with Gasteiger partial charge in [-0.05, 0) is 30.3 Å². The van der Waals surface area contributed by atoms with Gasteiger partial charge in [-0.3, -0.25) is 9.59 Å². The number of carbonyl (C=O) groups excluding carboxylic acids is 2. The third-order valence-corrected chi connectivity index (χ3v) is 4.37. The summed E-state index contributed by atoms with van der Waals surface area (Å²) < 4.78 is 4.96. The minimum atomic E-state index is -0.559. The maximum absolute atomic E-state index is 12.1. The Kier molecular flexibility index (Phi) is 6.51. The van der Waals surface area contributed by atoms with E-state index >= 15 is 0 Å². The number of aromatic nitrogens is 2. The van der Waals surface area contributed by atoms with E-state index in [0.29, 0.717) is 15.6 Å². The SMILES string of the molecule is O=C(NCCNC(=O)c1cc(Cl)ccc1Cl)c1nc(-c2cccc(Cl)c2)no1. The average Bonchev–Trinajstić information content (AvgIpc) is 3.17.